The fourth-order valence-corrected chi connectivity index (χ4v) is 2.46. The lowest BCUT2D eigenvalue weighted by Gasteiger charge is -2.18. The normalized spacial score (nSPS) is 14.9. The van der Waals surface area contributed by atoms with Gasteiger partial charge in [-0.15, -0.1) is 0 Å². The molecule has 0 radical (unpaired) electrons. The highest BCUT2D eigenvalue weighted by molar-refractivity contribution is 5.21. The van der Waals surface area contributed by atoms with Crippen molar-refractivity contribution in [1.29, 1.82) is 5.26 Å². The molecule has 0 aliphatic carbocycles. The topological polar surface area (TPSA) is 41.6 Å². The average molecular weight is 217 g/mol. The van der Waals surface area contributed by atoms with Crippen molar-refractivity contribution in [2.24, 2.45) is 0 Å². The van der Waals surface area contributed by atoms with Gasteiger partial charge in [0.25, 0.3) is 0 Å². The van der Waals surface area contributed by atoms with Crippen LogP contribution in [-0.2, 0) is 19.4 Å². The van der Waals surface area contributed by atoms with Crippen molar-refractivity contribution in [1.82, 2.24) is 9.55 Å². The first-order valence-corrected chi connectivity index (χ1v) is 6.19. The van der Waals surface area contributed by atoms with E-state index in [1.807, 2.05) is 0 Å². The van der Waals surface area contributed by atoms with Crippen LogP contribution >= 0.6 is 0 Å². The molecule has 3 nitrogen and oxygen atoms in total. The predicted octanol–water partition coefficient (Wildman–Crippen LogP) is 2.80. The summed E-state index contributed by atoms with van der Waals surface area (Å²) in [6.45, 7) is 5.50. The zero-order valence-corrected chi connectivity index (χ0v) is 10.2. The zero-order chi connectivity index (χ0) is 11.5. The van der Waals surface area contributed by atoms with Crippen LogP contribution in [0.25, 0.3) is 0 Å². The van der Waals surface area contributed by atoms with Gasteiger partial charge in [0.1, 0.15) is 5.82 Å². The highest BCUT2D eigenvalue weighted by atomic mass is 15.1. The smallest absolute Gasteiger partial charge is 0.111 e. The SMILES string of the molecule is CC(C)c1nc(CCC#N)c2n1CCCC2. The summed E-state index contributed by atoms with van der Waals surface area (Å²) >= 11 is 0. The first-order chi connectivity index (χ1) is 7.74. The maximum atomic E-state index is 8.66. The number of nitrogens with zero attached hydrogens (tertiary/aromatic N) is 3. The van der Waals surface area contributed by atoms with Gasteiger partial charge < -0.3 is 4.57 Å². The third-order valence-corrected chi connectivity index (χ3v) is 3.22. The Labute approximate surface area is 97.1 Å². The first-order valence-electron chi connectivity index (χ1n) is 6.19. The highest BCUT2D eigenvalue weighted by Gasteiger charge is 2.20. The number of aromatic nitrogens is 2. The molecule has 1 aliphatic rings. The molecule has 2 heterocycles. The first kappa shape index (κ1) is 11.2. The maximum absolute atomic E-state index is 8.66. The molecule has 0 fully saturated rings. The van der Waals surface area contributed by atoms with Crippen molar-refractivity contribution in [3.8, 4) is 6.07 Å². The summed E-state index contributed by atoms with van der Waals surface area (Å²) in [5, 5.41) is 8.66. The zero-order valence-electron chi connectivity index (χ0n) is 10.2. The Hall–Kier alpha value is -1.30. The molecule has 86 valence electrons. The Bertz CT molecular complexity index is 410. The third-order valence-electron chi connectivity index (χ3n) is 3.22. The summed E-state index contributed by atoms with van der Waals surface area (Å²) in [5.41, 5.74) is 2.56. The van der Waals surface area contributed by atoms with Gasteiger partial charge in [0, 0.05) is 31.0 Å². The predicted molar refractivity (Wildman–Crippen MR) is 63.2 cm³/mol. The van der Waals surface area contributed by atoms with Crippen LogP contribution in [0, 0.1) is 11.3 Å². The molecular weight excluding hydrogens is 198 g/mol. The number of fused-ring (bicyclic) bond motifs is 1. The van der Waals surface area contributed by atoms with Gasteiger partial charge in [0.05, 0.1) is 11.8 Å². The van der Waals surface area contributed by atoms with E-state index in [0.29, 0.717) is 12.3 Å². The van der Waals surface area contributed by atoms with Gasteiger partial charge in [-0.3, -0.25) is 0 Å². The number of rotatable bonds is 3. The molecule has 0 saturated carbocycles. The molecular formula is C13H19N3. The van der Waals surface area contributed by atoms with Gasteiger partial charge in [0.15, 0.2) is 0 Å². The van der Waals surface area contributed by atoms with Crippen molar-refractivity contribution >= 4 is 0 Å². The lowest BCUT2D eigenvalue weighted by atomic mass is 10.1. The fraction of sp³-hybridized carbons (Fsp3) is 0.692. The van der Waals surface area contributed by atoms with Gasteiger partial charge in [-0.1, -0.05) is 13.8 Å². The maximum Gasteiger partial charge on any atom is 0.111 e. The minimum absolute atomic E-state index is 0.479. The minimum Gasteiger partial charge on any atom is -0.332 e. The standard InChI is InChI=1S/C13H19N3/c1-10(2)13-15-11(6-5-8-14)12-7-3-4-9-16(12)13/h10H,3-7,9H2,1-2H3. The molecule has 0 N–H and O–H groups in total. The van der Waals surface area contributed by atoms with Crippen molar-refractivity contribution in [3.05, 3.63) is 17.2 Å². The van der Waals surface area contributed by atoms with E-state index in [9.17, 15) is 0 Å². The van der Waals surface area contributed by atoms with Crippen LogP contribution in [0.15, 0.2) is 0 Å². The molecule has 1 aromatic rings. The summed E-state index contributed by atoms with van der Waals surface area (Å²) in [6, 6.07) is 2.21. The van der Waals surface area contributed by atoms with Crippen molar-refractivity contribution in [3.63, 3.8) is 0 Å². The van der Waals surface area contributed by atoms with Crippen molar-refractivity contribution in [2.75, 3.05) is 0 Å². The molecule has 0 saturated heterocycles. The van der Waals surface area contributed by atoms with Gasteiger partial charge in [-0.05, 0) is 19.3 Å². The number of hydrogen-bond acceptors (Lipinski definition) is 2. The van der Waals surface area contributed by atoms with Gasteiger partial charge >= 0.3 is 0 Å². The Morgan fingerprint density at radius 3 is 2.94 bits per heavy atom. The second-order valence-electron chi connectivity index (χ2n) is 4.78. The van der Waals surface area contributed by atoms with E-state index in [1.54, 1.807) is 0 Å². The van der Waals surface area contributed by atoms with Crippen LogP contribution in [0.3, 0.4) is 0 Å². The van der Waals surface area contributed by atoms with Crippen molar-refractivity contribution in [2.45, 2.75) is 58.4 Å². The van der Waals surface area contributed by atoms with Crippen LogP contribution in [0.2, 0.25) is 0 Å². The van der Waals surface area contributed by atoms with E-state index in [-0.39, 0.29) is 0 Å². The lowest BCUT2D eigenvalue weighted by molar-refractivity contribution is 0.503. The molecule has 16 heavy (non-hydrogen) atoms. The molecule has 0 atom stereocenters. The summed E-state index contributed by atoms with van der Waals surface area (Å²) < 4.78 is 2.39. The number of imidazole rings is 1. The molecule has 0 aromatic carbocycles. The van der Waals surface area contributed by atoms with Crippen LogP contribution in [0.1, 0.15) is 56.2 Å². The van der Waals surface area contributed by atoms with E-state index < -0.39 is 0 Å². The highest BCUT2D eigenvalue weighted by Crippen LogP contribution is 2.25. The molecule has 2 rings (SSSR count). The second kappa shape index (κ2) is 4.69. The molecule has 3 heteroatoms. The molecule has 0 unspecified atom stereocenters. The Balaban J connectivity index is 2.35. The molecule has 0 bridgehead atoms. The Morgan fingerprint density at radius 2 is 2.25 bits per heavy atom. The van der Waals surface area contributed by atoms with E-state index in [4.69, 9.17) is 10.2 Å². The molecule has 1 aromatic heterocycles. The summed E-state index contributed by atoms with van der Waals surface area (Å²) in [6.07, 6.45) is 5.07. The van der Waals surface area contributed by atoms with E-state index in [0.717, 1.165) is 19.4 Å². The quantitative estimate of drug-likeness (QED) is 0.781. The van der Waals surface area contributed by atoms with Crippen LogP contribution in [0.4, 0.5) is 0 Å². The van der Waals surface area contributed by atoms with Crippen LogP contribution in [-0.4, -0.2) is 9.55 Å². The Kier molecular flexibility index (Phi) is 3.28. The van der Waals surface area contributed by atoms with E-state index in [1.165, 1.54) is 30.1 Å². The van der Waals surface area contributed by atoms with E-state index >= 15 is 0 Å². The molecule has 0 spiro atoms. The Morgan fingerprint density at radius 1 is 1.44 bits per heavy atom. The third kappa shape index (κ3) is 1.97. The number of aryl methyl sites for hydroxylation is 1. The fourth-order valence-electron chi connectivity index (χ4n) is 2.46. The second-order valence-corrected chi connectivity index (χ2v) is 4.78. The summed E-state index contributed by atoms with van der Waals surface area (Å²) in [5.74, 6) is 1.69. The van der Waals surface area contributed by atoms with Crippen LogP contribution in [0.5, 0.6) is 0 Å². The summed E-state index contributed by atoms with van der Waals surface area (Å²) in [7, 11) is 0. The monoisotopic (exact) mass is 217 g/mol. The van der Waals surface area contributed by atoms with Crippen LogP contribution < -0.4 is 0 Å². The number of nitriles is 1. The minimum atomic E-state index is 0.479. The van der Waals surface area contributed by atoms with Gasteiger partial charge in [0.2, 0.25) is 0 Å². The van der Waals surface area contributed by atoms with Gasteiger partial charge in [-0.2, -0.15) is 5.26 Å². The largest absolute Gasteiger partial charge is 0.332 e. The average Bonchev–Trinajstić information content (AvgIpc) is 2.65. The molecule has 0 amide bonds. The van der Waals surface area contributed by atoms with E-state index in [2.05, 4.69) is 24.5 Å². The number of hydrogen-bond donors (Lipinski definition) is 0. The lowest BCUT2D eigenvalue weighted by Crippen LogP contribution is -2.14. The summed E-state index contributed by atoms with van der Waals surface area (Å²) in [4.78, 5) is 4.74. The van der Waals surface area contributed by atoms with Gasteiger partial charge in [-0.25, -0.2) is 4.98 Å². The molecule has 1 aliphatic heterocycles. The van der Waals surface area contributed by atoms with Crippen molar-refractivity contribution < 1.29 is 0 Å².